The number of hydrogen-bond acceptors (Lipinski definition) is 4. The average molecular weight is 355 g/mol. The zero-order valence-corrected chi connectivity index (χ0v) is 14.6. The van der Waals surface area contributed by atoms with Gasteiger partial charge in [0.25, 0.3) is 0 Å². The van der Waals surface area contributed by atoms with E-state index in [1.165, 1.54) is 6.07 Å². The van der Waals surface area contributed by atoms with Gasteiger partial charge in [-0.15, -0.1) is 0 Å². The fraction of sp³-hybridized carbons (Fsp3) is 0.538. The van der Waals surface area contributed by atoms with Crippen molar-refractivity contribution >= 4 is 33.4 Å². The Morgan fingerprint density at radius 3 is 2.67 bits per heavy atom. The van der Waals surface area contributed by atoms with Crippen molar-refractivity contribution in [2.75, 3.05) is 18.6 Å². The predicted octanol–water partition coefficient (Wildman–Crippen LogP) is 2.62. The minimum atomic E-state index is -3.76. The molecule has 8 heteroatoms. The summed E-state index contributed by atoms with van der Waals surface area (Å²) in [6.07, 6.45) is 0. The first-order valence-electron chi connectivity index (χ1n) is 6.54. The van der Waals surface area contributed by atoms with E-state index in [1.54, 1.807) is 25.7 Å². The van der Waals surface area contributed by atoms with Crippen LogP contribution in [0.1, 0.15) is 19.4 Å². The van der Waals surface area contributed by atoms with Gasteiger partial charge in [0.15, 0.2) is 0 Å². The Labute approximate surface area is 134 Å². The van der Waals surface area contributed by atoms with Gasteiger partial charge in [0.05, 0.1) is 9.92 Å². The lowest BCUT2D eigenvalue weighted by Gasteiger charge is -2.15. The minimum absolute atomic E-state index is 0.0575. The van der Waals surface area contributed by atoms with Gasteiger partial charge in [-0.25, -0.2) is 17.5 Å². The largest absolute Gasteiger partial charge is 0.316 e. The van der Waals surface area contributed by atoms with Crippen LogP contribution in [0.25, 0.3) is 0 Å². The van der Waals surface area contributed by atoms with E-state index in [2.05, 4.69) is 10.0 Å². The normalized spacial score (nSPS) is 13.4. The van der Waals surface area contributed by atoms with Gasteiger partial charge in [0.2, 0.25) is 10.0 Å². The summed E-state index contributed by atoms with van der Waals surface area (Å²) in [5.74, 6) is 0.837. The highest BCUT2D eigenvalue weighted by atomic mass is 35.5. The SMILES string of the molecule is CCSCC(C)NS(=O)(=O)c1cc(F)c(Cl)c(CNC)c1. The second kappa shape index (κ2) is 8.33. The van der Waals surface area contributed by atoms with Crippen LogP contribution < -0.4 is 10.0 Å². The summed E-state index contributed by atoms with van der Waals surface area (Å²) in [7, 11) is -2.08. The van der Waals surface area contributed by atoms with Gasteiger partial charge in [-0.05, 0) is 37.4 Å². The van der Waals surface area contributed by atoms with Crippen LogP contribution in [0.3, 0.4) is 0 Å². The maximum Gasteiger partial charge on any atom is 0.240 e. The van der Waals surface area contributed by atoms with E-state index >= 15 is 0 Å². The lowest BCUT2D eigenvalue weighted by Crippen LogP contribution is -2.34. The molecule has 0 aliphatic carbocycles. The zero-order valence-electron chi connectivity index (χ0n) is 12.2. The van der Waals surface area contributed by atoms with Crippen molar-refractivity contribution in [3.8, 4) is 0 Å². The number of sulfonamides is 1. The molecular weight excluding hydrogens is 335 g/mol. The third kappa shape index (κ3) is 5.41. The zero-order chi connectivity index (χ0) is 16.0. The summed E-state index contributed by atoms with van der Waals surface area (Å²) >= 11 is 7.47. The second-order valence-electron chi connectivity index (χ2n) is 4.59. The van der Waals surface area contributed by atoms with E-state index in [0.717, 1.165) is 11.8 Å². The number of rotatable bonds is 8. The lowest BCUT2D eigenvalue weighted by atomic mass is 10.2. The van der Waals surface area contributed by atoms with Crippen molar-refractivity contribution in [1.29, 1.82) is 0 Å². The molecule has 0 bridgehead atoms. The fourth-order valence-corrected chi connectivity index (χ4v) is 4.01. The van der Waals surface area contributed by atoms with Crippen molar-refractivity contribution in [2.45, 2.75) is 31.3 Å². The van der Waals surface area contributed by atoms with Crippen molar-refractivity contribution < 1.29 is 12.8 Å². The van der Waals surface area contributed by atoms with Gasteiger partial charge in [0, 0.05) is 18.3 Å². The van der Waals surface area contributed by atoms with Crippen LogP contribution in [0.4, 0.5) is 4.39 Å². The first-order chi connectivity index (χ1) is 9.81. The van der Waals surface area contributed by atoms with Crippen LogP contribution in [0.15, 0.2) is 17.0 Å². The van der Waals surface area contributed by atoms with Crippen molar-refractivity contribution in [1.82, 2.24) is 10.0 Å². The smallest absolute Gasteiger partial charge is 0.240 e. The predicted molar refractivity (Wildman–Crippen MR) is 87.0 cm³/mol. The van der Waals surface area contributed by atoms with Crippen LogP contribution in [-0.4, -0.2) is 33.0 Å². The third-order valence-corrected chi connectivity index (χ3v) is 5.82. The lowest BCUT2D eigenvalue weighted by molar-refractivity contribution is 0.567. The molecule has 0 saturated heterocycles. The topological polar surface area (TPSA) is 58.2 Å². The summed E-state index contributed by atoms with van der Waals surface area (Å²) < 4.78 is 40.9. The van der Waals surface area contributed by atoms with Crippen molar-refractivity contribution in [2.24, 2.45) is 0 Å². The van der Waals surface area contributed by atoms with E-state index in [0.29, 0.717) is 17.9 Å². The number of halogens is 2. The highest BCUT2D eigenvalue weighted by Gasteiger charge is 2.20. The Bertz CT molecular complexity index is 582. The molecule has 1 atom stereocenters. The molecular formula is C13H20ClFN2O2S2. The van der Waals surface area contributed by atoms with Gasteiger partial charge >= 0.3 is 0 Å². The van der Waals surface area contributed by atoms with E-state index in [1.807, 2.05) is 6.92 Å². The van der Waals surface area contributed by atoms with Gasteiger partial charge in [0.1, 0.15) is 5.82 Å². The molecule has 21 heavy (non-hydrogen) atoms. The summed E-state index contributed by atoms with van der Waals surface area (Å²) in [4.78, 5) is -0.108. The molecule has 0 spiro atoms. The Hall–Kier alpha value is -0.340. The minimum Gasteiger partial charge on any atom is -0.316 e. The van der Waals surface area contributed by atoms with Gasteiger partial charge in [-0.1, -0.05) is 18.5 Å². The number of hydrogen-bond donors (Lipinski definition) is 2. The Kier molecular flexibility index (Phi) is 7.42. The van der Waals surface area contributed by atoms with Gasteiger partial charge < -0.3 is 5.32 Å². The van der Waals surface area contributed by atoms with E-state index in [-0.39, 0.29) is 16.0 Å². The molecule has 120 valence electrons. The third-order valence-electron chi connectivity index (χ3n) is 2.68. The summed E-state index contributed by atoms with van der Waals surface area (Å²) in [6, 6.07) is 2.11. The Morgan fingerprint density at radius 1 is 1.43 bits per heavy atom. The van der Waals surface area contributed by atoms with Crippen LogP contribution in [0.5, 0.6) is 0 Å². The van der Waals surface area contributed by atoms with Gasteiger partial charge in [-0.3, -0.25) is 0 Å². The molecule has 0 amide bonds. The molecule has 1 aromatic carbocycles. The van der Waals surface area contributed by atoms with Crippen molar-refractivity contribution in [3.63, 3.8) is 0 Å². The molecule has 0 aromatic heterocycles. The number of benzene rings is 1. The first-order valence-corrected chi connectivity index (χ1v) is 9.56. The van der Waals surface area contributed by atoms with Crippen molar-refractivity contribution in [3.05, 3.63) is 28.5 Å². The van der Waals surface area contributed by atoms with E-state index in [9.17, 15) is 12.8 Å². The summed E-state index contributed by atoms with van der Waals surface area (Å²) in [6.45, 7) is 4.08. The standard InChI is InChI=1S/C13H20ClFN2O2S2/c1-4-20-8-9(2)17-21(18,19)11-5-10(7-16-3)13(14)12(15)6-11/h5-6,9,16-17H,4,7-8H2,1-3H3. The number of thioether (sulfide) groups is 1. The number of nitrogens with one attached hydrogen (secondary N) is 2. The molecule has 0 heterocycles. The highest BCUT2D eigenvalue weighted by Crippen LogP contribution is 2.24. The molecule has 2 N–H and O–H groups in total. The summed E-state index contributed by atoms with van der Waals surface area (Å²) in [5.41, 5.74) is 0.412. The van der Waals surface area contributed by atoms with Crippen LogP contribution >= 0.6 is 23.4 Å². The molecule has 1 unspecified atom stereocenters. The monoisotopic (exact) mass is 354 g/mol. The molecule has 0 saturated carbocycles. The van der Waals surface area contributed by atoms with E-state index < -0.39 is 15.8 Å². The molecule has 0 radical (unpaired) electrons. The molecule has 0 aliphatic heterocycles. The van der Waals surface area contributed by atoms with E-state index in [4.69, 9.17) is 11.6 Å². The van der Waals surface area contributed by atoms with Crippen LogP contribution in [-0.2, 0) is 16.6 Å². The molecule has 1 aromatic rings. The average Bonchev–Trinajstić information content (AvgIpc) is 2.41. The van der Waals surface area contributed by atoms with Gasteiger partial charge in [-0.2, -0.15) is 11.8 Å². The Balaban J connectivity index is 3.02. The first kappa shape index (κ1) is 18.7. The molecule has 0 fully saturated rings. The second-order valence-corrected chi connectivity index (χ2v) is 8.00. The highest BCUT2D eigenvalue weighted by molar-refractivity contribution is 7.99. The van der Waals surface area contributed by atoms with Crippen LogP contribution in [0, 0.1) is 5.82 Å². The Morgan fingerprint density at radius 2 is 2.10 bits per heavy atom. The fourth-order valence-electron chi connectivity index (χ4n) is 1.75. The molecule has 1 rings (SSSR count). The maximum atomic E-state index is 13.8. The summed E-state index contributed by atoms with van der Waals surface area (Å²) in [5, 5.41) is 2.77. The van der Waals surface area contributed by atoms with Crippen LogP contribution in [0.2, 0.25) is 5.02 Å². The maximum absolute atomic E-state index is 13.8. The molecule has 4 nitrogen and oxygen atoms in total. The molecule has 0 aliphatic rings. The quantitative estimate of drug-likeness (QED) is 0.753.